The normalized spacial score (nSPS) is 19.9. The van der Waals surface area contributed by atoms with E-state index in [1.54, 1.807) is 19.1 Å². The van der Waals surface area contributed by atoms with Crippen LogP contribution >= 0.6 is 23.2 Å². The van der Waals surface area contributed by atoms with Gasteiger partial charge in [0.05, 0.1) is 10.0 Å². The van der Waals surface area contributed by atoms with E-state index in [0.29, 0.717) is 36.3 Å². The molecule has 0 aromatic heterocycles. The second-order valence-corrected chi connectivity index (χ2v) is 13.7. The first kappa shape index (κ1) is 37.4. The molecule has 2 fully saturated rings. The van der Waals surface area contributed by atoms with Gasteiger partial charge in [-0.1, -0.05) is 29.3 Å². The molecule has 10 nitrogen and oxygen atoms in total. The molecule has 1 N–H and O–H groups in total. The number of carbonyl (C=O) groups excluding carboxylic acids is 2. The number of halogens is 2. The molecule has 43 heavy (non-hydrogen) atoms. The maximum atomic E-state index is 12.5. The van der Waals surface area contributed by atoms with Crippen molar-refractivity contribution in [2.45, 2.75) is 84.2 Å². The zero-order valence-electron chi connectivity index (χ0n) is 27.2. The predicted molar refractivity (Wildman–Crippen MR) is 171 cm³/mol. The fraction of sp³-hybridized carbons (Fsp3) is 0.742. The van der Waals surface area contributed by atoms with Crippen LogP contribution in [0.1, 0.15) is 59.9 Å². The summed E-state index contributed by atoms with van der Waals surface area (Å²) >= 11 is 12.1. The lowest BCUT2D eigenvalue weighted by Crippen LogP contribution is -2.56. The van der Waals surface area contributed by atoms with E-state index >= 15 is 0 Å². The Morgan fingerprint density at radius 3 is 1.93 bits per heavy atom. The van der Waals surface area contributed by atoms with E-state index < -0.39 is 11.2 Å². The van der Waals surface area contributed by atoms with Crippen LogP contribution in [-0.2, 0) is 25.5 Å². The van der Waals surface area contributed by atoms with Crippen molar-refractivity contribution in [3.63, 3.8) is 0 Å². The van der Waals surface area contributed by atoms with E-state index in [1.165, 1.54) is 0 Å². The van der Waals surface area contributed by atoms with Crippen LogP contribution in [0.3, 0.4) is 0 Å². The monoisotopic (exact) mass is 646 g/mol. The average molecular weight is 648 g/mol. The Bertz CT molecular complexity index is 1020. The minimum Gasteiger partial charge on any atom is -0.444 e. The molecule has 12 heteroatoms. The zero-order chi connectivity index (χ0) is 32.2. The van der Waals surface area contributed by atoms with Crippen molar-refractivity contribution in [3.05, 3.63) is 33.8 Å². The number of benzene rings is 1. The Labute approximate surface area is 268 Å². The third-order valence-electron chi connectivity index (χ3n) is 6.87. The van der Waals surface area contributed by atoms with Crippen molar-refractivity contribution in [1.82, 2.24) is 20.0 Å². The summed E-state index contributed by atoms with van der Waals surface area (Å²) in [4.78, 5) is 30.5. The molecular formula is C31H52Cl2N4O6. The molecule has 246 valence electrons. The Morgan fingerprint density at radius 1 is 0.837 bits per heavy atom. The molecule has 2 aliphatic rings. The molecule has 0 spiro atoms. The van der Waals surface area contributed by atoms with Gasteiger partial charge in [0.2, 0.25) is 0 Å². The van der Waals surface area contributed by atoms with Gasteiger partial charge in [-0.15, -0.1) is 0 Å². The van der Waals surface area contributed by atoms with Crippen molar-refractivity contribution in [3.8, 4) is 0 Å². The van der Waals surface area contributed by atoms with Crippen LogP contribution < -0.4 is 5.32 Å². The van der Waals surface area contributed by atoms with Crippen molar-refractivity contribution >= 4 is 35.4 Å². The van der Waals surface area contributed by atoms with Crippen LogP contribution in [-0.4, -0.2) is 117 Å². The number of nitrogens with zero attached hydrogens (tertiary/aromatic N) is 3. The topological polar surface area (TPSA) is 92.8 Å². The van der Waals surface area contributed by atoms with Gasteiger partial charge >= 0.3 is 12.2 Å². The lowest BCUT2D eigenvalue weighted by atomic mass is 10.1. The fourth-order valence-corrected chi connectivity index (χ4v) is 5.18. The Kier molecular flexibility index (Phi) is 15.3. The number of piperazine rings is 2. The number of hydrogen-bond donors (Lipinski definition) is 1. The van der Waals surface area contributed by atoms with Gasteiger partial charge in [-0.2, -0.15) is 0 Å². The molecule has 0 saturated carbocycles. The van der Waals surface area contributed by atoms with Crippen LogP contribution in [0.25, 0.3) is 0 Å². The lowest BCUT2D eigenvalue weighted by molar-refractivity contribution is -0.00747. The highest BCUT2D eigenvalue weighted by atomic mass is 35.5. The molecule has 0 aliphatic carbocycles. The summed E-state index contributed by atoms with van der Waals surface area (Å²) in [5, 5.41) is 4.41. The van der Waals surface area contributed by atoms with Gasteiger partial charge in [0.1, 0.15) is 11.2 Å². The SMILES string of the molecule is COCC[C@H]1CN(Cc2ccc(Cl)c(Cl)c2)CCN1C(=O)OC(C)(C)C.COCC[C@H]1CNCCN1C(=O)OC(C)(C)C. The molecule has 1 aromatic carbocycles. The van der Waals surface area contributed by atoms with Gasteiger partial charge in [-0.25, -0.2) is 9.59 Å². The number of carbonyl (C=O) groups is 2. The van der Waals surface area contributed by atoms with Crippen LogP contribution in [0.15, 0.2) is 18.2 Å². The van der Waals surface area contributed by atoms with Crippen LogP contribution in [0.5, 0.6) is 0 Å². The summed E-state index contributed by atoms with van der Waals surface area (Å²) in [6, 6.07) is 5.92. The first-order valence-corrected chi connectivity index (χ1v) is 15.7. The highest BCUT2D eigenvalue weighted by molar-refractivity contribution is 6.42. The standard InChI is InChI=1S/C19H28Cl2N2O3.C12H24N2O3/c1-19(2,3)26-18(24)23-9-8-22(13-15(23)7-10-25-4)12-14-5-6-16(20)17(21)11-14;1-12(2,3)17-11(15)14-7-6-13-9-10(14)5-8-16-4/h5-6,11,15H,7-10,12-13H2,1-4H3;10,13H,5-9H2,1-4H3/t15-;10-/m00/s1. The second kappa shape index (κ2) is 17.6. The molecule has 2 atom stereocenters. The summed E-state index contributed by atoms with van der Waals surface area (Å²) < 4.78 is 21.3. The van der Waals surface area contributed by atoms with E-state index in [-0.39, 0.29) is 24.3 Å². The van der Waals surface area contributed by atoms with Crippen LogP contribution in [0, 0.1) is 0 Å². The van der Waals surface area contributed by atoms with E-state index in [4.69, 9.17) is 42.1 Å². The van der Waals surface area contributed by atoms with Gasteiger partial charge in [0.15, 0.2) is 0 Å². The molecule has 1 aromatic rings. The average Bonchev–Trinajstić information content (AvgIpc) is 2.91. The Balaban J connectivity index is 0.000000329. The highest BCUT2D eigenvalue weighted by Crippen LogP contribution is 2.25. The smallest absolute Gasteiger partial charge is 0.410 e. The fourth-order valence-electron chi connectivity index (χ4n) is 4.85. The van der Waals surface area contributed by atoms with Gasteiger partial charge in [-0.05, 0) is 72.1 Å². The van der Waals surface area contributed by atoms with Crippen molar-refractivity contribution in [2.24, 2.45) is 0 Å². The quantitative estimate of drug-likeness (QED) is 0.385. The van der Waals surface area contributed by atoms with Gasteiger partial charge in [0, 0.05) is 85.3 Å². The first-order valence-electron chi connectivity index (χ1n) is 15.0. The summed E-state index contributed by atoms with van der Waals surface area (Å²) in [7, 11) is 3.35. The lowest BCUT2D eigenvalue weighted by Gasteiger charge is -2.41. The predicted octanol–water partition coefficient (Wildman–Crippen LogP) is 5.68. The van der Waals surface area contributed by atoms with E-state index in [2.05, 4.69) is 10.2 Å². The number of methoxy groups -OCH3 is 2. The van der Waals surface area contributed by atoms with E-state index in [0.717, 1.165) is 51.1 Å². The number of hydrogen-bond acceptors (Lipinski definition) is 8. The molecule has 2 amide bonds. The van der Waals surface area contributed by atoms with Gasteiger partial charge < -0.3 is 34.1 Å². The number of nitrogens with one attached hydrogen (secondary N) is 1. The first-order chi connectivity index (χ1) is 20.1. The molecule has 2 heterocycles. The number of rotatable bonds is 8. The van der Waals surface area contributed by atoms with Crippen molar-refractivity contribution < 1.29 is 28.5 Å². The minimum absolute atomic E-state index is 0.0568. The molecular weight excluding hydrogens is 595 g/mol. The zero-order valence-corrected chi connectivity index (χ0v) is 28.7. The Hall–Kier alpha value is -1.82. The summed E-state index contributed by atoms with van der Waals surface area (Å²) in [5.74, 6) is 0. The number of ether oxygens (including phenoxy) is 4. The third kappa shape index (κ3) is 13.8. The molecule has 2 aliphatic heterocycles. The third-order valence-corrected chi connectivity index (χ3v) is 7.61. The molecule has 0 bridgehead atoms. The molecule has 3 rings (SSSR count). The van der Waals surface area contributed by atoms with Gasteiger partial charge in [-0.3, -0.25) is 4.90 Å². The number of amides is 2. The Morgan fingerprint density at radius 2 is 1.40 bits per heavy atom. The molecule has 2 saturated heterocycles. The van der Waals surface area contributed by atoms with E-state index in [1.807, 2.05) is 64.6 Å². The van der Waals surface area contributed by atoms with Crippen molar-refractivity contribution in [2.75, 3.05) is 66.7 Å². The van der Waals surface area contributed by atoms with Crippen LogP contribution in [0.4, 0.5) is 9.59 Å². The largest absolute Gasteiger partial charge is 0.444 e. The molecule has 0 radical (unpaired) electrons. The molecule has 0 unspecified atom stereocenters. The van der Waals surface area contributed by atoms with E-state index in [9.17, 15) is 9.59 Å². The second-order valence-electron chi connectivity index (χ2n) is 12.9. The summed E-state index contributed by atoms with van der Waals surface area (Å²) in [6.07, 6.45) is 1.13. The van der Waals surface area contributed by atoms with Gasteiger partial charge in [0.25, 0.3) is 0 Å². The maximum absolute atomic E-state index is 12.5. The van der Waals surface area contributed by atoms with Crippen molar-refractivity contribution in [1.29, 1.82) is 0 Å². The maximum Gasteiger partial charge on any atom is 0.410 e. The van der Waals surface area contributed by atoms with Crippen LogP contribution in [0.2, 0.25) is 10.0 Å². The highest BCUT2D eigenvalue weighted by Gasteiger charge is 2.33. The minimum atomic E-state index is -0.500. The summed E-state index contributed by atoms with van der Waals surface area (Å²) in [5.41, 5.74) is 0.170. The summed E-state index contributed by atoms with van der Waals surface area (Å²) in [6.45, 7) is 17.8.